The summed E-state index contributed by atoms with van der Waals surface area (Å²) in [5, 5.41) is 7.21. The van der Waals surface area contributed by atoms with E-state index < -0.39 is 23.3 Å². The molecular weight excluding hydrogens is 513 g/mol. The number of nitrogens with one attached hydrogen (secondary N) is 1. The van der Waals surface area contributed by atoms with Gasteiger partial charge >= 0.3 is 6.03 Å². The number of urea groups is 1. The molecule has 2 aliphatic heterocycles. The average molecular weight is 544 g/mol. The lowest BCUT2D eigenvalue weighted by atomic mass is 9.75. The van der Waals surface area contributed by atoms with E-state index in [1.165, 1.54) is 12.1 Å². The van der Waals surface area contributed by atoms with Crippen LogP contribution in [0.25, 0.3) is 11.1 Å². The van der Waals surface area contributed by atoms with Crippen LogP contribution in [-0.2, 0) is 35.1 Å². The van der Waals surface area contributed by atoms with Crippen LogP contribution in [0.3, 0.4) is 0 Å². The topological polar surface area (TPSA) is 96.8 Å². The zero-order chi connectivity index (χ0) is 27.6. The number of amides is 4. The third-order valence-electron chi connectivity index (χ3n) is 8.73. The largest absolute Gasteiger partial charge is 0.491 e. The molecule has 2 atom stereocenters. The number of imide groups is 1. The highest BCUT2D eigenvalue weighted by Gasteiger charge is 2.55. The lowest BCUT2D eigenvalue weighted by molar-refractivity contribution is -0.141. The summed E-state index contributed by atoms with van der Waals surface area (Å²) in [5.41, 5.74) is 3.16. The second-order valence-corrected chi connectivity index (χ2v) is 11.3. The normalized spacial score (nSPS) is 23.9. The summed E-state index contributed by atoms with van der Waals surface area (Å²) in [7, 11) is 1.86. The second kappa shape index (κ2) is 9.18. The van der Waals surface area contributed by atoms with Crippen LogP contribution < -0.4 is 10.1 Å². The number of ether oxygens (including phenoxy) is 1. The molecule has 206 valence electrons. The van der Waals surface area contributed by atoms with Crippen LogP contribution in [0, 0.1) is 11.7 Å². The lowest BCUT2D eigenvalue weighted by Crippen LogP contribution is -2.50. The molecule has 4 aliphatic rings. The van der Waals surface area contributed by atoms with Gasteiger partial charge < -0.3 is 15.0 Å². The number of nitrogens with zero attached hydrogens (tertiary/aromatic N) is 4. The number of carbonyl (C=O) groups excluding carboxylic acids is 3. The molecule has 10 heteroatoms. The number of carbonyl (C=O) groups is 3. The van der Waals surface area contributed by atoms with E-state index in [4.69, 9.17) is 4.74 Å². The number of aryl methyl sites for hydroxylation is 2. The number of hydrogen-bond acceptors (Lipinski definition) is 5. The van der Waals surface area contributed by atoms with E-state index in [2.05, 4.69) is 16.5 Å². The zero-order valence-electron chi connectivity index (χ0n) is 22.2. The van der Waals surface area contributed by atoms with Crippen molar-refractivity contribution in [3.8, 4) is 16.9 Å². The Hall–Kier alpha value is -4.21. The fraction of sp³-hybridized carbons (Fsp3) is 0.400. The van der Waals surface area contributed by atoms with Gasteiger partial charge in [-0.15, -0.1) is 0 Å². The summed E-state index contributed by atoms with van der Waals surface area (Å²) in [6.07, 6.45) is 7.68. The molecule has 1 N–H and O–H groups in total. The fourth-order valence-electron chi connectivity index (χ4n) is 6.52. The Morgan fingerprint density at radius 1 is 1.15 bits per heavy atom. The van der Waals surface area contributed by atoms with Gasteiger partial charge in [0.1, 0.15) is 30.3 Å². The highest BCUT2D eigenvalue weighted by molar-refractivity contribution is 6.09. The molecule has 2 fully saturated rings. The Bertz CT molecular complexity index is 1550. The van der Waals surface area contributed by atoms with Crippen molar-refractivity contribution in [2.75, 3.05) is 13.2 Å². The predicted molar refractivity (Wildman–Crippen MR) is 142 cm³/mol. The maximum absolute atomic E-state index is 14.0. The number of rotatable bonds is 4. The van der Waals surface area contributed by atoms with Crippen LogP contribution >= 0.6 is 0 Å². The maximum atomic E-state index is 14.0. The molecule has 1 spiro atoms. The Morgan fingerprint density at radius 3 is 2.77 bits per heavy atom. The summed E-state index contributed by atoms with van der Waals surface area (Å²) in [4.78, 5) is 43.7. The number of fused-ring (bicyclic) bond motifs is 3. The highest BCUT2D eigenvalue weighted by atomic mass is 19.1. The van der Waals surface area contributed by atoms with Gasteiger partial charge in [-0.25, -0.2) is 9.18 Å². The van der Waals surface area contributed by atoms with Gasteiger partial charge in [-0.1, -0.05) is 18.2 Å². The Kier molecular flexibility index (Phi) is 5.69. The third kappa shape index (κ3) is 4.04. The first kappa shape index (κ1) is 24.8. The highest BCUT2D eigenvalue weighted by Crippen LogP contribution is 2.42. The van der Waals surface area contributed by atoms with Crippen molar-refractivity contribution >= 4 is 17.8 Å². The molecule has 2 aliphatic carbocycles. The van der Waals surface area contributed by atoms with E-state index in [-0.39, 0.29) is 31.0 Å². The van der Waals surface area contributed by atoms with E-state index in [1.54, 1.807) is 21.8 Å². The SMILES string of the molecule is Cn1cc(-c2ccc3c(c2)CCC[C@@]32NC(=O)N(CC(=O)N3Cc4cc(F)ccc4OC[C@H]3C3CC3)C2=O)cn1. The predicted octanol–water partition coefficient (Wildman–Crippen LogP) is 3.51. The van der Waals surface area contributed by atoms with Crippen LogP contribution in [0.15, 0.2) is 48.8 Å². The Labute approximate surface area is 230 Å². The average Bonchev–Trinajstić information content (AvgIpc) is 3.68. The van der Waals surface area contributed by atoms with Crippen LogP contribution in [0.4, 0.5) is 9.18 Å². The summed E-state index contributed by atoms with van der Waals surface area (Å²) < 4.78 is 21.7. The molecule has 0 unspecified atom stereocenters. The molecule has 7 rings (SSSR count). The van der Waals surface area contributed by atoms with E-state index in [0.29, 0.717) is 24.3 Å². The molecule has 0 bridgehead atoms. The molecule has 3 heterocycles. The summed E-state index contributed by atoms with van der Waals surface area (Å²) in [5.74, 6) is -0.307. The van der Waals surface area contributed by atoms with E-state index in [1.807, 2.05) is 25.4 Å². The van der Waals surface area contributed by atoms with Gasteiger partial charge in [0.25, 0.3) is 5.91 Å². The minimum atomic E-state index is -1.19. The minimum Gasteiger partial charge on any atom is -0.491 e. The summed E-state index contributed by atoms with van der Waals surface area (Å²) >= 11 is 0. The van der Waals surface area contributed by atoms with Gasteiger partial charge in [-0.2, -0.15) is 5.10 Å². The van der Waals surface area contributed by atoms with Crippen molar-refractivity contribution in [1.29, 1.82) is 0 Å². The second-order valence-electron chi connectivity index (χ2n) is 11.3. The Balaban J connectivity index is 1.16. The van der Waals surface area contributed by atoms with Crippen molar-refractivity contribution < 1.29 is 23.5 Å². The molecule has 9 nitrogen and oxygen atoms in total. The van der Waals surface area contributed by atoms with E-state index in [9.17, 15) is 18.8 Å². The van der Waals surface area contributed by atoms with Gasteiger partial charge in [0, 0.05) is 30.9 Å². The molecule has 40 heavy (non-hydrogen) atoms. The van der Waals surface area contributed by atoms with Gasteiger partial charge in [0.15, 0.2) is 0 Å². The van der Waals surface area contributed by atoms with Crippen molar-refractivity contribution in [3.05, 3.63) is 71.3 Å². The van der Waals surface area contributed by atoms with E-state index >= 15 is 0 Å². The first-order valence-corrected chi connectivity index (χ1v) is 13.8. The Morgan fingerprint density at radius 2 is 2.00 bits per heavy atom. The summed E-state index contributed by atoms with van der Waals surface area (Å²) in [6, 6.07) is 9.48. The third-order valence-corrected chi connectivity index (χ3v) is 8.73. The van der Waals surface area contributed by atoms with Gasteiger partial charge in [-0.3, -0.25) is 19.2 Å². The van der Waals surface area contributed by atoms with Crippen molar-refractivity contribution in [2.45, 2.75) is 50.2 Å². The molecule has 1 saturated heterocycles. The van der Waals surface area contributed by atoms with Crippen LogP contribution in [0.2, 0.25) is 0 Å². The first-order chi connectivity index (χ1) is 19.3. The van der Waals surface area contributed by atoms with Crippen molar-refractivity contribution in [2.24, 2.45) is 13.0 Å². The number of halogens is 1. The molecular formula is C30H30FN5O4. The minimum absolute atomic E-state index is 0.168. The standard InChI is InChI=1S/C30H30FN5O4/c1-34-14-22(13-32-34)19-6-8-24-20(11-19)3-2-10-30(24)28(38)36(29(39)33-30)16-27(37)35-15-21-12-23(31)7-9-26(21)40-17-25(35)18-4-5-18/h6-9,11-14,18,25H,2-5,10,15-17H2,1H3,(H,33,39)/t25-,30+/m0/s1. The molecule has 1 aromatic heterocycles. The lowest BCUT2D eigenvalue weighted by Gasteiger charge is -2.34. The van der Waals surface area contributed by atoms with Crippen molar-refractivity contribution in [1.82, 2.24) is 24.9 Å². The maximum Gasteiger partial charge on any atom is 0.325 e. The monoisotopic (exact) mass is 543 g/mol. The van der Waals surface area contributed by atoms with E-state index in [0.717, 1.165) is 52.8 Å². The van der Waals surface area contributed by atoms with Gasteiger partial charge in [-0.05, 0) is 72.9 Å². The molecule has 2 aromatic carbocycles. The molecule has 1 saturated carbocycles. The first-order valence-electron chi connectivity index (χ1n) is 13.8. The van der Waals surface area contributed by atoms with Crippen LogP contribution in [0.1, 0.15) is 42.4 Å². The smallest absolute Gasteiger partial charge is 0.325 e. The number of hydrogen-bond donors (Lipinski definition) is 1. The number of benzene rings is 2. The van der Waals surface area contributed by atoms with Gasteiger partial charge in [0.05, 0.1) is 12.2 Å². The van der Waals surface area contributed by atoms with Crippen LogP contribution in [0.5, 0.6) is 5.75 Å². The van der Waals surface area contributed by atoms with Crippen LogP contribution in [-0.4, -0.2) is 56.6 Å². The van der Waals surface area contributed by atoms with Crippen molar-refractivity contribution in [3.63, 3.8) is 0 Å². The summed E-state index contributed by atoms with van der Waals surface area (Å²) in [6.45, 7) is 0.0942. The number of aromatic nitrogens is 2. The zero-order valence-corrected chi connectivity index (χ0v) is 22.2. The molecule has 0 radical (unpaired) electrons. The molecule has 4 amide bonds. The fourth-order valence-corrected chi connectivity index (χ4v) is 6.52. The quantitative estimate of drug-likeness (QED) is 0.508. The van der Waals surface area contributed by atoms with Gasteiger partial charge in [0.2, 0.25) is 5.91 Å². The molecule has 3 aromatic rings.